The maximum absolute atomic E-state index is 11.4. The highest BCUT2D eigenvalue weighted by Crippen LogP contribution is 2.43. The molecule has 15 heavy (non-hydrogen) atoms. The molecule has 82 valence electrons. The highest BCUT2D eigenvalue weighted by molar-refractivity contribution is 7.53. The van der Waals surface area contributed by atoms with Crippen LogP contribution in [0.25, 0.3) is 0 Å². The minimum absolute atomic E-state index is 0.107. The summed E-state index contributed by atoms with van der Waals surface area (Å²) in [5.74, 6) is 0.463. The van der Waals surface area contributed by atoms with E-state index >= 15 is 0 Å². The van der Waals surface area contributed by atoms with Gasteiger partial charge in [0, 0.05) is 0 Å². The predicted octanol–water partition coefficient (Wildman–Crippen LogP) is 3.00. The molecule has 0 amide bonds. The maximum atomic E-state index is 11.4. The molecule has 1 aromatic rings. The smallest absolute Gasteiger partial charge is 0.376 e. The second-order valence-electron chi connectivity index (χ2n) is 3.15. The lowest BCUT2D eigenvalue weighted by Gasteiger charge is -2.13. The molecule has 3 nitrogen and oxygen atoms in total. The van der Waals surface area contributed by atoms with Crippen LogP contribution >= 0.6 is 7.60 Å². The monoisotopic (exact) mass is 226 g/mol. The molecule has 0 bridgehead atoms. The third kappa shape index (κ3) is 3.54. The van der Waals surface area contributed by atoms with Crippen LogP contribution in [-0.2, 0) is 11.0 Å². The van der Waals surface area contributed by atoms with Crippen molar-refractivity contribution >= 4 is 7.60 Å². The third-order valence-corrected chi connectivity index (χ3v) is 3.26. The first-order valence-corrected chi connectivity index (χ1v) is 6.55. The van der Waals surface area contributed by atoms with E-state index in [-0.39, 0.29) is 6.16 Å². The van der Waals surface area contributed by atoms with Gasteiger partial charge in [0.2, 0.25) is 0 Å². The number of allylic oxidation sites excluding steroid dienone is 1. The van der Waals surface area contributed by atoms with Gasteiger partial charge in [0.1, 0.15) is 5.75 Å². The van der Waals surface area contributed by atoms with E-state index in [4.69, 9.17) is 4.52 Å². The van der Waals surface area contributed by atoms with Gasteiger partial charge in [-0.2, -0.15) is 0 Å². The van der Waals surface area contributed by atoms with E-state index in [1.54, 1.807) is 25.1 Å². The molecule has 0 heterocycles. The van der Waals surface area contributed by atoms with Crippen LogP contribution in [0, 0.1) is 0 Å². The molecule has 0 aliphatic heterocycles. The van der Waals surface area contributed by atoms with Crippen LogP contribution in [-0.4, -0.2) is 11.1 Å². The van der Waals surface area contributed by atoms with Crippen molar-refractivity contribution in [1.82, 2.24) is 0 Å². The van der Waals surface area contributed by atoms with Crippen LogP contribution in [0.3, 0.4) is 0 Å². The summed E-state index contributed by atoms with van der Waals surface area (Å²) in [5, 5.41) is 0. The van der Waals surface area contributed by atoms with Crippen LogP contribution in [0.2, 0.25) is 0 Å². The second-order valence-corrected chi connectivity index (χ2v) is 5.24. The Morgan fingerprint density at radius 2 is 2.20 bits per heavy atom. The Bertz CT molecular complexity index is 387. The average Bonchev–Trinajstić information content (AvgIpc) is 2.21. The molecule has 0 spiro atoms. The van der Waals surface area contributed by atoms with Gasteiger partial charge >= 0.3 is 7.60 Å². The van der Waals surface area contributed by atoms with Crippen LogP contribution in [0.15, 0.2) is 36.9 Å². The van der Waals surface area contributed by atoms with Crippen molar-refractivity contribution in [3.8, 4) is 5.75 Å². The van der Waals surface area contributed by atoms with Gasteiger partial charge in [-0.3, -0.25) is 0 Å². The summed E-state index contributed by atoms with van der Waals surface area (Å²) >= 11 is 0. The lowest BCUT2D eigenvalue weighted by Crippen LogP contribution is -1.97. The first-order chi connectivity index (χ1) is 7.09. The van der Waals surface area contributed by atoms with E-state index in [1.165, 1.54) is 0 Å². The summed E-state index contributed by atoms with van der Waals surface area (Å²) in [6.45, 7) is 5.25. The summed E-state index contributed by atoms with van der Waals surface area (Å²) in [7, 11) is -3.48. The van der Waals surface area contributed by atoms with Crippen molar-refractivity contribution < 1.29 is 14.0 Å². The molecule has 4 heteroatoms. The Hall–Kier alpha value is -1.05. The maximum Gasteiger partial charge on any atom is 0.376 e. The highest BCUT2D eigenvalue weighted by atomic mass is 31.2. The summed E-state index contributed by atoms with van der Waals surface area (Å²) in [6, 6.07) is 7.18. The lowest BCUT2D eigenvalue weighted by molar-refractivity contribution is 0.380. The van der Waals surface area contributed by atoms with E-state index < -0.39 is 7.60 Å². The topological polar surface area (TPSA) is 46.5 Å². The minimum Gasteiger partial charge on any atom is -0.424 e. The average molecular weight is 226 g/mol. The van der Waals surface area contributed by atoms with Crippen molar-refractivity contribution in [2.75, 3.05) is 6.16 Å². The Morgan fingerprint density at radius 3 is 2.80 bits per heavy atom. The zero-order chi connectivity index (χ0) is 11.3. The molecule has 0 saturated heterocycles. The molecule has 0 fully saturated rings. The minimum atomic E-state index is -3.48. The van der Waals surface area contributed by atoms with Gasteiger partial charge in [0.05, 0.1) is 6.16 Å². The van der Waals surface area contributed by atoms with Crippen LogP contribution < -0.4 is 4.52 Å². The van der Waals surface area contributed by atoms with Crippen molar-refractivity contribution in [2.24, 2.45) is 0 Å². The molecule has 1 aromatic carbocycles. The predicted molar refractivity (Wildman–Crippen MR) is 61.3 cm³/mol. The zero-order valence-corrected chi connectivity index (χ0v) is 9.61. The largest absolute Gasteiger partial charge is 0.424 e. The van der Waals surface area contributed by atoms with Gasteiger partial charge < -0.3 is 9.42 Å². The van der Waals surface area contributed by atoms with E-state index in [0.29, 0.717) is 12.2 Å². The van der Waals surface area contributed by atoms with E-state index in [0.717, 1.165) is 5.56 Å². The van der Waals surface area contributed by atoms with Crippen molar-refractivity contribution in [1.29, 1.82) is 0 Å². The fourth-order valence-electron chi connectivity index (χ4n) is 1.14. The van der Waals surface area contributed by atoms with Crippen LogP contribution in [0.4, 0.5) is 0 Å². The van der Waals surface area contributed by atoms with Gasteiger partial charge in [0.25, 0.3) is 0 Å². The molecule has 0 aliphatic rings. The molecule has 0 radical (unpaired) electrons. The number of hydrogen-bond donors (Lipinski definition) is 1. The Balaban J connectivity index is 2.93. The van der Waals surface area contributed by atoms with Crippen molar-refractivity contribution in [3.05, 3.63) is 42.5 Å². The summed E-state index contributed by atoms with van der Waals surface area (Å²) in [4.78, 5) is 9.38. The lowest BCUT2D eigenvalue weighted by atomic mass is 10.1. The van der Waals surface area contributed by atoms with Gasteiger partial charge in [-0.1, -0.05) is 31.2 Å². The molecule has 0 aliphatic carbocycles. The number of benzene rings is 1. The summed E-state index contributed by atoms with van der Waals surface area (Å²) in [6.07, 6.45) is 2.46. The fourth-order valence-corrected chi connectivity index (χ4v) is 1.75. The Labute approximate surface area is 89.9 Å². The molecule has 1 unspecified atom stereocenters. The number of rotatable bonds is 5. The highest BCUT2D eigenvalue weighted by Gasteiger charge is 2.18. The number of para-hydroxylation sites is 1. The van der Waals surface area contributed by atoms with Crippen molar-refractivity contribution in [2.45, 2.75) is 13.3 Å². The molecule has 1 N–H and O–H groups in total. The molecule has 1 atom stereocenters. The first-order valence-electron chi connectivity index (χ1n) is 4.79. The number of hydrogen-bond acceptors (Lipinski definition) is 2. The molecular weight excluding hydrogens is 211 g/mol. The van der Waals surface area contributed by atoms with Crippen molar-refractivity contribution in [3.63, 3.8) is 0 Å². The van der Waals surface area contributed by atoms with E-state index in [2.05, 4.69) is 6.58 Å². The first kappa shape index (κ1) is 12.0. The molecular formula is C11H15O3P. The summed E-state index contributed by atoms with van der Waals surface area (Å²) < 4.78 is 16.5. The molecule has 1 rings (SSSR count). The SMILES string of the molecule is C=CCc1ccccc1OP(=O)(O)CC. The van der Waals surface area contributed by atoms with Crippen LogP contribution in [0.5, 0.6) is 5.75 Å². The second kappa shape index (κ2) is 5.15. The Kier molecular flexibility index (Phi) is 4.13. The van der Waals surface area contributed by atoms with E-state index in [1.807, 2.05) is 12.1 Å². The summed E-state index contributed by atoms with van der Waals surface area (Å²) in [5.41, 5.74) is 0.871. The zero-order valence-electron chi connectivity index (χ0n) is 8.72. The molecule has 0 saturated carbocycles. The quantitative estimate of drug-likeness (QED) is 0.620. The van der Waals surface area contributed by atoms with Gasteiger partial charge in [-0.25, -0.2) is 4.57 Å². The standard InChI is InChI=1S/C11H15O3P/c1-3-7-10-8-5-6-9-11(10)14-15(12,13)4-2/h3,5-6,8-9H,1,4,7H2,2H3,(H,12,13). The molecule has 0 aromatic heterocycles. The van der Waals surface area contributed by atoms with Gasteiger partial charge in [0.15, 0.2) is 0 Å². The normalized spacial score (nSPS) is 14.3. The fraction of sp³-hybridized carbons (Fsp3) is 0.273. The van der Waals surface area contributed by atoms with E-state index in [9.17, 15) is 9.46 Å². The third-order valence-electron chi connectivity index (χ3n) is 1.98. The van der Waals surface area contributed by atoms with Crippen LogP contribution in [0.1, 0.15) is 12.5 Å². The Morgan fingerprint density at radius 1 is 1.53 bits per heavy atom. The van der Waals surface area contributed by atoms with Gasteiger partial charge in [-0.15, -0.1) is 6.58 Å². The van der Waals surface area contributed by atoms with Gasteiger partial charge in [-0.05, 0) is 18.1 Å².